The van der Waals surface area contributed by atoms with E-state index in [1.54, 1.807) is 58.5 Å². The molecule has 0 radical (unpaired) electrons. The van der Waals surface area contributed by atoms with Crippen LogP contribution in [0.5, 0.6) is 0 Å². The molecule has 0 spiro atoms. The molecular weight excluding hydrogens is 410 g/mol. The first kappa shape index (κ1) is 21.6. The van der Waals surface area contributed by atoms with E-state index in [2.05, 4.69) is 10.3 Å². The van der Waals surface area contributed by atoms with Gasteiger partial charge in [0.2, 0.25) is 0 Å². The second-order valence-corrected chi connectivity index (χ2v) is 7.88. The van der Waals surface area contributed by atoms with Crippen molar-refractivity contribution in [2.75, 3.05) is 19.7 Å². The van der Waals surface area contributed by atoms with Gasteiger partial charge in [-0.3, -0.25) is 9.13 Å². The maximum atomic E-state index is 12.8. The Morgan fingerprint density at radius 2 is 2.00 bits per heavy atom. The molecule has 3 aromatic rings. The lowest BCUT2D eigenvalue weighted by molar-refractivity contribution is 0.0526. The number of carbonyl (C=O) groups is 2. The predicted octanol–water partition coefficient (Wildman–Crippen LogP) is 2.46. The van der Waals surface area contributed by atoms with Gasteiger partial charge in [0, 0.05) is 32.9 Å². The van der Waals surface area contributed by atoms with Crippen LogP contribution in [-0.4, -0.2) is 50.7 Å². The first-order valence-corrected chi connectivity index (χ1v) is 10.8. The summed E-state index contributed by atoms with van der Waals surface area (Å²) in [4.78, 5) is 43.5. The summed E-state index contributed by atoms with van der Waals surface area (Å²) in [7, 11) is 1.74. The molecule has 1 atom stereocenters. The summed E-state index contributed by atoms with van der Waals surface area (Å²) in [5, 5.41) is 2.93. The highest BCUT2D eigenvalue weighted by molar-refractivity contribution is 5.89. The third-order valence-electron chi connectivity index (χ3n) is 5.81. The number of hydrogen-bond donors (Lipinski definition) is 1. The summed E-state index contributed by atoms with van der Waals surface area (Å²) in [6, 6.07) is 10.4. The third-order valence-corrected chi connectivity index (χ3v) is 5.81. The number of likely N-dealkylation sites (tertiary alicyclic amines) is 1. The number of nitrogens with one attached hydrogen (secondary N) is 1. The summed E-state index contributed by atoms with van der Waals surface area (Å²) in [5.41, 5.74) is 2.68. The van der Waals surface area contributed by atoms with Crippen LogP contribution >= 0.6 is 0 Å². The van der Waals surface area contributed by atoms with E-state index in [4.69, 9.17) is 4.74 Å². The van der Waals surface area contributed by atoms with Crippen LogP contribution in [0.1, 0.15) is 41.7 Å². The number of urea groups is 1. The van der Waals surface area contributed by atoms with Gasteiger partial charge in [0.25, 0.3) is 0 Å². The summed E-state index contributed by atoms with van der Waals surface area (Å²) in [5.74, 6) is -0.361. The zero-order chi connectivity index (χ0) is 22.7. The number of ether oxygens (including phenoxy) is 1. The molecule has 0 unspecified atom stereocenters. The van der Waals surface area contributed by atoms with Crippen molar-refractivity contribution in [2.24, 2.45) is 7.05 Å². The lowest BCUT2D eigenvalue weighted by atomic mass is 10.1. The number of amides is 2. The average molecular weight is 438 g/mol. The van der Waals surface area contributed by atoms with Gasteiger partial charge in [0.15, 0.2) is 5.65 Å². The van der Waals surface area contributed by atoms with Crippen molar-refractivity contribution in [1.29, 1.82) is 0 Å². The number of nitrogens with zero attached hydrogens (tertiary/aromatic N) is 4. The highest BCUT2D eigenvalue weighted by Gasteiger charge is 2.28. The van der Waals surface area contributed by atoms with Crippen LogP contribution in [0, 0.1) is 0 Å². The molecule has 2 amide bonds. The Morgan fingerprint density at radius 3 is 2.75 bits per heavy atom. The molecule has 1 fully saturated rings. The van der Waals surface area contributed by atoms with Crippen LogP contribution in [0.25, 0.3) is 11.2 Å². The number of imidazole rings is 1. The fourth-order valence-corrected chi connectivity index (χ4v) is 4.13. The van der Waals surface area contributed by atoms with Crippen molar-refractivity contribution in [3.63, 3.8) is 0 Å². The van der Waals surface area contributed by atoms with Crippen LogP contribution in [0.15, 0.2) is 47.4 Å². The minimum absolute atomic E-state index is 0.118. The molecular formula is C23H27N5O4. The standard InChI is InChI=1S/C23H27N5O4/c1-3-32-21(29)17-10-8-16(9-11-17)14-25-22(30)27-13-5-6-18(15-27)28-20-19(7-4-12-24-20)26(2)23(28)31/h4,7-12,18H,3,5-6,13-15H2,1-2H3,(H,25,30)/t18-/m0/s1. The molecule has 1 aromatic carbocycles. The molecule has 168 valence electrons. The van der Waals surface area contributed by atoms with Crippen LogP contribution in [0.3, 0.4) is 0 Å². The minimum Gasteiger partial charge on any atom is -0.462 e. The van der Waals surface area contributed by atoms with Crippen molar-refractivity contribution < 1.29 is 14.3 Å². The van der Waals surface area contributed by atoms with E-state index in [0.717, 1.165) is 23.9 Å². The van der Waals surface area contributed by atoms with E-state index in [-0.39, 0.29) is 23.7 Å². The Balaban J connectivity index is 1.41. The van der Waals surface area contributed by atoms with Crippen molar-refractivity contribution >= 4 is 23.2 Å². The van der Waals surface area contributed by atoms with Gasteiger partial charge in [-0.25, -0.2) is 19.4 Å². The maximum absolute atomic E-state index is 12.8. The Bertz CT molecular complexity index is 1180. The Labute approximate surface area is 185 Å². The van der Waals surface area contributed by atoms with Gasteiger partial charge in [-0.15, -0.1) is 0 Å². The molecule has 9 nitrogen and oxygen atoms in total. The van der Waals surface area contributed by atoms with E-state index in [1.807, 2.05) is 12.1 Å². The smallest absolute Gasteiger partial charge is 0.338 e. The Morgan fingerprint density at radius 1 is 1.22 bits per heavy atom. The summed E-state index contributed by atoms with van der Waals surface area (Å²) in [6.07, 6.45) is 3.30. The Kier molecular flexibility index (Phi) is 6.25. The van der Waals surface area contributed by atoms with E-state index in [1.165, 1.54) is 0 Å². The number of aromatic nitrogens is 3. The van der Waals surface area contributed by atoms with Gasteiger partial charge < -0.3 is 15.0 Å². The molecule has 2 aromatic heterocycles. The van der Waals surface area contributed by atoms with Crippen molar-refractivity contribution in [3.8, 4) is 0 Å². The lowest BCUT2D eigenvalue weighted by Gasteiger charge is -2.33. The SMILES string of the molecule is CCOC(=O)c1ccc(CNC(=O)N2CCC[C@H](n3c(=O)n(C)c4cccnc43)C2)cc1. The maximum Gasteiger partial charge on any atom is 0.338 e. The minimum atomic E-state index is -0.361. The number of hydrogen-bond acceptors (Lipinski definition) is 5. The van der Waals surface area contributed by atoms with E-state index in [0.29, 0.717) is 37.5 Å². The molecule has 0 aliphatic carbocycles. The van der Waals surface area contributed by atoms with Crippen molar-refractivity contribution in [3.05, 3.63) is 64.2 Å². The zero-order valence-corrected chi connectivity index (χ0v) is 18.3. The molecule has 1 aliphatic rings. The first-order chi connectivity index (χ1) is 15.5. The highest BCUT2D eigenvalue weighted by Crippen LogP contribution is 2.23. The second kappa shape index (κ2) is 9.25. The van der Waals surface area contributed by atoms with Crippen molar-refractivity contribution in [2.45, 2.75) is 32.4 Å². The molecule has 1 N–H and O–H groups in total. The number of benzene rings is 1. The number of aryl methyl sites for hydroxylation is 1. The molecule has 0 saturated carbocycles. The summed E-state index contributed by atoms with van der Waals surface area (Å²) in [6.45, 7) is 3.52. The third kappa shape index (κ3) is 4.23. The van der Waals surface area contributed by atoms with Crippen LogP contribution < -0.4 is 11.0 Å². The number of esters is 1. The number of piperidine rings is 1. The molecule has 1 aliphatic heterocycles. The van der Waals surface area contributed by atoms with E-state index >= 15 is 0 Å². The fraction of sp³-hybridized carbons (Fsp3) is 0.391. The van der Waals surface area contributed by atoms with Crippen LogP contribution in [0.4, 0.5) is 4.79 Å². The van der Waals surface area contributed by atoms with Gasteiger partial charge in [-0.1, -0.05) is 12.1 Å². The van der Waals surface area contributed by atoms with Gasteiger partial charge >= 0.3 is 17.7 Å². The van der Waals surface area contributed by atoms with Gasteiger partial charge in [-0.2, -0.15) is 0 Å². The van der Waals surface area contributed by atoms with Crippen LogP contribution in [0.2, 0.25) is 0 Å². The molecule has 3 heterocycles. The Hall–Kier alpha value is -3.62. The molecule has 4 rings (SSSR count). The highest BCUT2D eigenvalue weighted by atomic mass is 16.5. The number of carbonyl (C=O) groups excluding carboxylic acids is 2. The fourth-order valence-electron chi connectivity index (χ4n) is 4.13. The van der Waals surface area contributed by atoms with Crippen molar-refractivity contribution in [1.82, 2.24) is 24.3 Å². The number of fused-ring (bicyclic) bond motifs is 1. The van der Waals surface area contributed by atoms with Gasteiger partial charge in [-0.05, 0) is 49.6 Å². The largest absolute Gasteiger partial charge is 0.462 e. The number of pyridine rings is 1. The molecule has 0 bridgehead atoms. The van der Waals surface area contributed by atoms with Gasteiger partial charge in [0.1, 0.15) is 0 Å². The lowest BCUT2D eigenvalue weighted by Crippen LogP contribution is -2.47. The summed E-state index contributed by atoms with van der Waals surface area (Å²) < 4.78 is 8.29. The normalized spacial score (nSPS) is 16.2. The predicted molar refractivity (Wildman–Crippen MR) is 119 cm³/mol. The quantitative estimate of drug-likeness (QED) is 0.619. The monoisotopic (exact) mass is 437 g/mol. The van der Waals surface area contributed by atoms with E-state index in [9.17, 15) is 14.4 Å². The first-order valence-electron chi connectivity index (χ1n) is 10.8. The second-order valence-electron chi connectivity index (χ2n) is 7.88. The average Bonchev–Trinajstić information content (AvgIpc) is 3.08. The molecule has 9 heteroatoms. The van der Waals surface area contributed by atoms with E-state index < -0.39 is 0 Å². The van der Waals surface area contributed by atoms with Gasteiger partial charge in [0.05, 0.1) is 23.7 Å². The molecule has 1 saturated heterocycles. The molecule has 32 heavy (non-hydrogen) atoms. The topological polar surface area (TPSA) is 98.5 Å². The number of rotatable bonds is 5. The zero-order valence-electron chi connectivity index (χ0n) is 18.3. The summed E-state index contributed by atoms with van der Waals surface area (Å²) >= 11 is 0. The van der Waals surface area contributed by atoms with Crippen LogP contribution in [-0.2, 0) is 18.3 Å².